The Balaban J connectivity index is 0.000000143. The molecule has 2 aromatic heterocycles. The smallest absolute Gasteiger partial charge is 0.140 e. The molecule has 0 unspecified atom stereocenters. The summed E-state index contributed by atoms with van der Waals surface area (Å²) in [7, 11) is 0. The van der Waals surface area contributed by atoms with Crippen LogP contribution in [0.3, 0.4) is 0 Å². The first-order valence-corrected chi connectivity index (χ1v) is 37.9. The fourth-order valence-electron chi connectivity index (χ4n) is 17.6. The van der Waals surface area contributed by atoms with Crippen LogP contribution in [0.1, 0.15) is 44.5 Å². The van der Waals surface area contributed by atoms with E-state index in [1.165, 1.54) is 115 Å². The molecule has 0 N–H and O–H groups in total. The summed E-state index contributed by atoms with van der Waals surface area (Å²) in [6.07, 6.45) is 0. The van der Waals surface area contributed by atoms with Gasteiger partial charge in [0.05, 0.1) is 21.2 Å². The van der Waals surface area contributed by atoms with Crippen LogP contribution >= 0.6 is 11.3 Å². The van der Waals surface area contributed by atoms with Gasteiger partial charge in [-0.25, -0.2) is 0 Å². The van der Waals surface area contributed by atoms with Gasteiger partial charge in [0.15, 0.2) is 0 Å². The summed E-state index contributed by atoms with van der Waals surface area (Å²) in [5.74, 6) is 0. The van der Waals surface area contributed by atoms with E-state index in [4.69, 9.17) is 4.42 Å². The molecule has 0 bridgehead atoms. The first-order chi connectivity index (χ1) is 53.6. The normalized spacial score (nSPS) is 12.8. The minimum atomic E-state index is -0.560. The summed E-state index contributed by atoms with van der Waals surface area (Å²) in [5, 5.41) is 4.77. The van der Waals surface area contributed by atoms with Crippen LogP contribution < -0.4 is 9.80 Å². The number of rotatable bonds is 13. The van der Waals surface area contributed by atoms with Crippen LogP contribution in [0.25, 0.3) is 97.7 Å². The fraction of sp³-hybridized carbons (Fsp3) is 0.0192. The van der Waals surface area contributed by atoms with Crippen molar-refractivity contribution in [1.29, 1.82) is 0 Å². The second-order valence-corrected chi connectivity index (χ2v) is 29.2. The zero-order chi connectivity index (χ0) is 71.5. The number of nitrogens with zero attached hydrogens (tertiary/aromatic N) is 2. The average Bonchev–Trinajstić information content (AvgIpc) is 1.53. The monoisotopic (exact) mass is 1390 g/mol. The van der Waals surface area contributed by atoms with Crippen molar-refractivity contribution in [3.8, 4) is 55.6 Å². The molecule has 4 heteroatoms. The minimum absolute atomic E-state index is 0.421. The van der Waals surface area contributed by atoms with Crippen molar-refractivity contribution in [3.05, 3.63) is 469 Å². The zero-order valence-electron chi connectivity index (χ0n) is 59.1. The van der Waals surface area contributed by atoms with Crippen LogP contribution in [0.15, 0.2) is 429 Å². The summed E-state index contributed by atoms with van der Waals surface area (Å²) >= 11 is 1.89. The van der Waals surface area contributed by atoms with Gasteiger partial charge in [0.2, 0.25) is 0 Å². The maximum Gasteiger partial charge on any atom is 0.140 e. The van der Waals surface area contributed by atoms with E-state index in [-0.39, 0.29) is 0 Å². The van der Waals surface area contributed by atoms with Gasteiger partial charge in [0.25, 0.3) is 0 Å². The SMILES string of the molecule is c1ccc(-c2ccc(N(c3cccc(-c4ccccc4)c3)c3ccc4c(c3)oc3c(C5(c6ccccc6)c6ccccc6-c6ccccc65)cccc34)cc2)cc1.c1ccc(-c2cccc(N(c3ccccc3)c3cccc4c3sc3cc(C5(c6ccccc6)c6ccccc6-c6ccccc65)ccc34)c2)cc1. The predicted molar refractivity (Wildman–Crippen MR) is 453 cm³/mol. The molecule has 0 amide bonds. The third-order valence-electron chi connectivity index (χ3n) is 22.3. The Morgan fingerprint density at radius 1 is 0.222 bits per heavy atom. The van der Waals surface area contributed by atoms with E-state index in [0.29, 0.717) is 0 Å². The molecular formula is C104H70N2OS. The number of furan rings is 1. The maximum atomic E-state index is 7.18. The highest BCUT2D eigenvalue weighted by atomic mass is 32.1. The molecule has 508 valence electrons. The van der Waals surface area contributed by atoms with Crippen molar-refractivity contribution in [1.82, 2.24) is 0 Å². The largest absolute Gasteiger partial charge is 0.456 e. The van der Waals surface area contributed by atoms with Gasteiger partial charge in [-0.1, -0.05) is 346 Å². The molecule has 2 heterocycles. The van der Waals surface area contributed by atoms with Crippen LogP contribution in [0.5, 0.6) is 0 Å². The lowest BCUT2D eigenvalue weighted by Crippen LogP contribution is -2.28. The molecule has 0 fully saturated rings. The predicted octanol–water partition coefficient (Wildman–Crippen LogP) is 28.3. The van der Waals surface area contributed by atoms with Crippen molar-refractivity contribution in [2.75, 3.05) is 9.80 Å². The van der Waals surface area contributed by atoms with Crippen molar-refractivity contribution in [3.63, 3.8) is 0 Å². The van der Waals surface area contributed by atoms with E-state index in [1.807, 2.05) is 11.3 Å². The van der Waals surface area contributed by atoms with E-state index in [0.717, 1.165) is 61.5 Å². The molecular weight excluding hydrogens is 1330 g/mol. The molecule has 3 nitrogen and oxygen atoms in total. The highest BCUT2D eigenvalue weighted by molar-refractivity contribution is 7.26. The zero-order valence-corrected chi connectivity index (χ0v) is 59.9. The van der Waals surface area contributed by atoms with Gasteiger partial charge in [0.1, 0.15) is 11.2 Å². The molecule has 0 saturated carbocycles. The van der Waals surface area contributed by atoms with Gasteiger partial charge in [-0.2, -0.15) is 0 Å². The number of fused-ring (bicyclic) bond motifs is 12. The molecule has 2 aliphatic rings. The Labute approximate surface area is 633 Å². The molecule has 2 aliphatic carbocycles. The molecule has 19 aromatic rings. The van der Waals surface area contributed by atoms with Crippen LogP contribution in [0.4, 0.5) is 34.1 Å². The quantitative estimate of drug-likeness (QED) is 0.115. The molecule has 108 heavy (non-hydrogen) atoms. The number of hydrogen-bond acceptors (Lipinski definition) is 4. The Bertz CT molecular complexity index is 6460. The van der Waals surface area contributed by atoms with Gasteiger partial charge < -0.3 is 14.2 Å². The van der Waals surface area contributed by atoms with Gasteiger partial charge in [-0.3, -0.25) is 0 Å². The van der Waals surface area contributed by atoms with Crippen molar-refractivity contribution < 1.29 is 4.42 Å². The number of benzene rings is 17. The van der Waals surface area contributed by atoms with E-state index in [9.17, 15) is 0 Å². The first kappa shape index (κ1) is 64.0. The van der Waals surface area contributed by atoms with Gasteiger partial charge in [-0.05, 0) is 167 Å². The molecule has 0 aliphatic heterocycles. The molecule has 0 atom stereocenters. The molecule has 17 aromatic carbocycles. The average molecular weight is 1400 g/mol. The second-order valence-electron chi connectivity index (χ2n) is 28.1. The van der Waals surface area contributed by atoms with E-state index >= 15 is 0 Å². The Morgan fingerprint density at radius 3 is 1.16 bits per heavy atom. The lowest BCUT2D eigenvalue weighted by Gasteiger charge is -2.33. The number of anilines is 6. The molecule has 0 spiro atoms. The molecule has 0 saturated heterocycles. The van der Waals surface area contributed by atoms with Crippen molar-refractivity contribution >= 4 is 87.6 Å². The summed E-state index contributed by atoms with van der Waals surface area (Å²) in [6, 6.07) is 154. The van der Waals surface area contributed by atoms with E-state index < -0.39 is 10.8 Å². The summed E-state index contributed by atoms with van der Waals surface area (Å²) in [6.45, 7) is 0. The lowest BCUT2D eigenvalue weighted by molar-refractivity contribution is 0.648. The van der Waals surface area contributed by atoms with Crippen LogP contribution in [-0.2, 0) is 10.8 Å². The van der Waals surface area contributed by atoms with Crippen LogP contribution in [0.2, 0.25) is 0 Å². The molecule has 0 radical (unpaired) electrons. The first-order valence-electron chi connectivity index (χ1n) is 37.1. The van der Waals surface area contributed by atoms with Gasteiger partial charge in [0, 0.05) is 66.3 Å². The third-order valence-corrected chi connectivity index (χ3v) is 23.5. The fourth-order valence-corrected chi connectivity index (χ4v) is 18.8. The maximum absolute atomic E-state index is 7.18. The summed E-state index contributed by atoms with van der Waals surface area (Å²) < 4.78 is 9.75. The number of para-hydroxylation sites is 2. The Kier molecular flexibility index (Phi) is 15.9. The van der Waals surface area contributed by atoms with Crippen molar-refractivity contribution in [2.24, 2.45) is 0 Å². The summed E-state index contributed by atoms with van der Waals surface area (Å²) in [5.41, 5.74) is 29.8. The van der Waals surface area contributed by atoms with Crippen LogP contribution in [-0.4, -0.2) is 0 Å². The van der Waals surface area contributed by atoms with Gasteiger partial charge in [-0.15, -0.1) is 11.3 Å². The van der Waals surface area contributed by atoms with Crippen LogP contribution in [0, 0.1) is 0 Å². The topological polar surface area (TPSA) is 19.6 Å². The highest BCUT2D eigenvalue weighted by Gasteiger charge is 2.48. The van der Waals surface area contributed by atoms with E-state index in [2.05, 4.69) is 434 Å². The Morgan fingerprint density at radius 2 is 0.602 bits per heavy atom. The highest BCUT2D eigenvalue weighted by Crippen LogP contribution is 2.60. The molecule has 21 rings (SSSR count). The number of hydrogen-bond donors (Lipinski definition) is 0. The standard InChI is InChI=1S/C55H37NO.C49H33NS/c1-4-16-38(17-5-1)40-30-32-43(33-31-40)56(44-23-14-20-41(36-44)39-18-6-2-7-19-39)45-34-35-48-49-26-15-29-52(54(49)57-53(48)37-45)55(42-21-8-3-9-22-42)50-27-12-10-24-46(50)47-25-11-13-28-51(47)55;1-4-16-34(17-5-1)35-18-14-23-39(32-35)50(38-21-8-3-9-22-38)46-29-15-26-43-42-31-30-37(33-47(42)51-48(43)46)49(36-19-6-2-7-20-36)44-27-12-10-24-40(44)41-25-11-13-28-45(41)49/h1-37H;1-33H. The van der Waals surface area contributed by atoms with Crippen molar-refractivity contribution in [2.45, 2.75) is 10.8 Å². The summed E-state index contributed by atoms with van der Waals surface area (Å²) in [4.78, 5) is 4.75. The number of thiophene rings is 1. The van der Waals surface area contributed by atoms with E-state index in [1.54, 1.807) is 0 Å². The lowest BCUT2D eigenvalue weighted by atomic mass is 9.67. The van der Waals surface area contributed by atoms with Gasteiger partial charge >= 0.3 is 0 Å². The minimum Gasteiger partial charge on any atom is -0.456 e. The third kappa shape index (κ3) is 10.5. The Hall–Kier alpha value is -13.6. The second kappa shape index (κ2) is 26.8.